The Morgan fingerprint density at radius 2 is 1.72 bits per heavy atom. The Labute approximate surface area is 247 Å². The lowest BCUT2D eigenvalue weighted by Gasteiger charge is -2.32. The summed E-state index contributed by atoms with van der Waals surface area (Å²) in [6.07, 6.45) is -0.529. The molecule has 43 heavy (non-hydrogen) atoms. The fraction of sp³-hybridized carbons (Fsp3) is 0.419. The Balaban J connectivity index is 1.24. The highest BCUT2D eigenvalue weighted by Gasteiger charge is 2.32. The van der Waals surface area contributed by atoms with Gasteiger partial charge in [0.15, 0.2) is 5.82 Å². The van der Waals surface area contributed by atoms with Crippen LogP contribution < -0.4 is 14.5 Å². The van der Waals surface area contributed by atoms with Crippen LogP contribution in [-0.4, -0.2) is 76.1 Å². The number of halogens is 2. The summed E-state index contributed by atoms with van der Waals surface area (Å²) in [5.74, 6) is 0.308. The van der Waals surface area contributed by atoms with E-state index in [1.807, 2.05) is 35.2 Å². The molecule has 226 valence electrons. The molecule has 2 fully saturated rings. The quantitative estimate of drug-likeness (QED) is 0.302. The van der Waals surface area contributed by atoms with Gasteiger partial charge in [-0.25, -0.2) is 13.8 Å². The third-order valence-electron chi connectivity index (χ3n) is 7.95. The molecule has 0 atom stereocenters. The minimum absolute atomic E-state index is 0.0101. The van der Waals surface area contributed by atoms with E-state index in [1.54, 1.807) is 35.2 Å². The average molecular weight is 593 g/mol. The number of nitrogens with zero attached hydrogens (tertiary/aromatic N) is 6. The molecule has 1 N–H and O–H groups in total. The van der Waals surface area contributed by atoms with Crippen molar-refractivity contribution in [3.8, 4) is 11.7 Å². The molecule has 10 nitrogen and oxygen atoms in total. The number of amides is 1. The van der Waals surface area contributed by atoms with Gasteiger partial charge in [-0.05, 0) is 49.9 Å². The van der Waals surface area contributed by atoms with Gasteiger partial charge >= 0.3 is 0 Å². The highest BCUT2D eigenvalue weighted by molar-refractivity contribution is 5.95. The number of para-hydroxylation sites is 3. The van der Waals surface area contributed by atoms with Crippen molar-refractivity contribution >= 4 is 28.6 Å². The molecule has 2 aliphatic rings. The molecule has 6 rings (SSSR count). The molecule has 1 aliphatic carbocycles. The molecule has 1 amide bonds. The topological polar surface area (TPSA) is 106 Å². The van der Waals surface area contributed by atoms with Crippen LogP contribution in [0.1, 0.15) is 37.9 Å². The molecule has 12 heteroatoms. The molecule has 0 spiro atoms. The lowest BCUT2D eigenvalue weighted by atomic mass is 9.86. The summed E-state index contributed by atoms with van der Waals surface area (Å²) >= 11 is 0. The summed E-state index contributed by atoms with van der Waals surface area (Å²) in [4.78, 5) is 30.5. The van der Waals surface area contributed by atoms with E-state index in [0.29, 0.717) is 69.0 Å². The molecule has 0 radical (unpaired) electrons. The Hall–Kier alpha value is -4.16. The zero-order valence-corrected chi connectivity index (χ0v) is 23.7. The van der Waals surface area contributed by atoms with Crippen molar-refractivity contribution in [2.45, 2.75) is 38.2 Å². The van der Waals surface area contributed by atoms with Gasteiger partial charge in [0.1, 0.15) is 11.9 Å². The molecule has 0 bridgehead atoms. The van der Waals surface area contributed by atoms with Gasteiger partial charge in [-0.2, -0.15) is 9.97 Å². The fourth-order valence-corrected chi connectivity index (χ4v) is 5.81. The van der Waals surface area contributed by atoms with Crippen molar-refractivity contribution in [2.24, 2.45) is 5.92 Å². The Morgan fingerprint density at radius 3 is 2.44 bits per heavy atom. The molecule has 4 aromatic rings. The molecule has 3 heterocycles. The van der Waals surface area contributed by atoms with Crippen LogP contribution in [0.3, 0.4) is 0 Å². The Kier molecular flexibility index (Phi) is 8.75. The monoisotopic (exact) mass is 592 g/mol. The number of carbonyl (C=O) groups excluding carboxylic acids is 1. The minimum atomic E-state index is -2.81. The standard InChI is InChI=1S/C31H34F2N6O4/c32-28(33)29-34-24-8-4-5-9-25(24)39(29)26-20-27(36-31(35-26)37-15-18-42-19-16-37)43-23-12-10-21(11-13-23)30(41)38(14-17-40)22-6-2-1-3-7-22/h1-9,20-21,23,28,40H,10-19H2. The van der Waals surface area contributed by atoms with Crippen molar-refractivity contribution < 1.29 is 28.2 Å². The fourth-order valence-electron chi connectivity index (χ4n) is 5.81. The number of rotatable bonds is 9. The first-order chi connectivity index (χ1) is 21.0. The van der Waals surface area contributed by atoms with Crippen molar-refractivity contribution in [3.63, 3.8) is 0 Å². The molecule has 1 saturated carbocycles. The van der Waals surface area contributed by atoms with Crippen LogP contribution in [0, 0.1) is 5.92 Å². The smallest absolute Gasteiger partial charge is 0.296 e. The maximum atomic E-state index is 14.2. The third kappa shape index (κ3) is 6.30. The van der Waals surface area contributed by atoms with Crippen molar-refractivity contribution in [1.29, 1.82) is 0 Å². The first kappa shape index (κ1) is 28.9. The van der Waals surface area contributed by atoms with E-state index < -0.39 is 12.2 Å². The van der Waals surface area contributed by atoms with Crippen LogP contribution in [0.2, 0.25) is 0 Å². The first-order valence-corrected chi connectivity index (χ1v) is 14.6. The van der Waals surface area contributed by atoms with Gasteiger partial charge in [0.05, 0.1) is 30.9 Å². The maximum Gasteiger partial charge on any atom is 0.296 e. The Bertz CT molecular complexity index is 1540. The van der Waals surface area contributed by atoms with Crippen LogP contribution in [0.15, 0.2) is 60.7 Å². The summed E-state index contributed by atoms with van der Waals surface area (Å²) in [5.41, 5.74) is 1.72. The van der Waals surface area contributed by atoms with E-state index in [4.69, 9.17) is 9.47 Å². The molecule has 1 saturated heterocycles. The van der Waals surface area contributed by atoms with Crippen LogP contribution in [0.4, 0.5) is 20.4 Å². The van der Waals surface area contributed by atoms with Crippen molar-refractivity contribution in [2.75, 3.05) is 49.3 Å². The average Bonchev–Trinajstić information content (AvgIpc) is 3.45. The molecule has 2 aromatic heterocycles. The predicted molar refractivity (Wildman–Crippen MR) is 157 cm³/mol. The molecule has 2 aromatic carbocycles. The zero-order valence-electron chi connectivity index (χ0n) is 23.7. The number of carbonyl (C=O) groups is 1. The molecular formula is C31H34F2N6O4. The van der Waals surface area contributed by atoms with Gasteiger partial charge in [-0.3, -0.25) is 9.36 Å². The van der Waals surface area contributed by atoms with Gasteiger partial charge < -0.3 is 24.4 Å². The van der Waals surface area contributed by atoms with Gasteiger partial charge in [0.2, 0.25) is 17.7 Å². The predicted octanol–water partition coefficient (Wildman–Crippen LogP) is 4.55. The first-order valence-electron chi connectivity index (χ1n) is 14.6. The van der Waals surface area contributed by atoms with E-state index in [9.17, 15) is 18.7 Å². The van der Waals surface area contributed by atoms with E-state index in [1.165, 1.54) is 4.57 Å². The number of aromatic nitrogens is 4. The summed E-state index contributed by atoms with van der Waals surface area (Å²) in [6, 6.07) is 17.9. The van der Waals surface area contributed by atoms with Gasteiger partial charge in [0, 0.05) is 37.3 Å². The summed E-state index contributed by atoms with van der Waals surface area (Å²) < 4.78 is 41.5. The minimum Gasteiger partial charge on any atom is -0.474 e. The van der Waals surface area contributed by atoms with Gasteiger partial charge in [-0.1, -0.05) is 30.3 Å². The van der Waals surface area contributed by atoms with Gasteiger partial charge in [-0.15, -0.1) is 0 Å². The number of morpholine rings is 1. The lowest BCUT2D eigenvalue weighted by Crippen LogP contribution is -2.40. The number of alkyl halides is 2. The summed E-state index contributed by atoms with van der Waals surface area (Å²) in [7, 11) is 0. The van der Waals surface area contributed by atoms with Crippen LogP contribution in [-0.2, 0) is 9.53 Å². The number of benzene rings is 2. The number of imidazole rings is 1. The highest BCUT2D eigenvalue weighted by Crippen LogP contribution is 2.33. The van der Waals surface area contributed by atoms with E-state index in [2.05, 4.69) is 15.0 Å². The second kappa shape index (κ2) is 13.0. The Morgan fingerprint density at radius 1 is 1.00 bits per heavy atom. The normalized spacial score (nSPS) is 19.1. The van der Waals surface area contributed by atoms with Crippen molar-refractivity contribution in [3.05, 3.63) is 66.5 Å². The van der Waals surface area contributed by atoms with Crippen LogP contribution >= 0.6 is 0 Å². The number of hydrogen-bond donors (Lipinski definition) is 1. The SMILES string of the molecule is O=C(C1CCC(Oc2cc(-n3c(C(F)F)nc4ccccc43)nc(N3CCOCC3)n2)CC1)N(CCO)c1ccccc1. The van der Waals surface area contributed by atoms with Crippen molar-refractivity contribution in [1.82, 2.24) is 19.5 Å². The molecule has 0 unspecified atom stereocenters. The van der Waals surface area contributed by atoms with E-state index in [-0.39, 0.29) is 42.8 Å². The molecule has 1 aliphatic heterocycles. The number of hydrogen-bond acceptors (Lipinski definition) is 8. The third-order valence-corrected chi connectivity index (χ3v) is 7.95. The summed E-state index contributed by atoms with van der Waals surface area (Å²) in [5, 5.41) is 9.58. The number of anilines is 2. The second-order valence-corrected chi connectivity index (χ2v) is 10.7. The van der Waals surface area contributed by atoms with E-state index >= 15 is 0 Å². The lowest BCUT2D eigenvalue weighted by molar-refractivity contribution is -0.124. The van der Waals surface area contributed by atoms with Crippen LogP contribution in [0.5, 0.6) is 5.88 Å². The maximum absolute atomic E-state index is 14.2. The number of fused-ring (bicyclic) bond motifs is 1. The zero-order chi connectivity index (χ0) is 29.8. The molecular weight excluding hydrogens is 558 g/mol. The van der Waals surface area contributed by atoms with Crippen LogP contribution in [0.25, 0.3) is 16.9 Å². The number of aliphatic hydroxyl groups is 1. The number of aliphatic hydroxyl groups excluding tert-OH is 1. The van der Waals surface area contributed by atoms with E-state index in [0.717, 1.165) is 5.69 Å². The largest absolute Gasteiger partial charge is 0.474 e. The number of ether oxygens (including phenoxy) is 2. The second-order valence-electron chi connectivity index (χ2n) is 10.7. The summed E-state index contributed by atoms with van der Waals surface area (Å²) in [6.45, 7) is 2.25. The van der Waals surface area contributed by atoms with Gasteiger partial charge in [0.25, 0.3) is 6.43 Å². The highest BCUT2D eigenvalue weighted by atomic mass is 19.3.